The van der Waals surface area contributed by atoms with Crippen LogP contribution < -0.4 is 5.32 Å². The molecule has 1 aliphatic carbocycles. The quantitative estimate of drug-likeness (QED) is 0.902. The molecule has 1 unspecified atom stereocenters. The molecule has 2 aromatic heterocycles. The topological polar surface area (TPSA) is 42.0 Å². The molecule has 0 bridgehead atoms. The molecule has 0 saturated heterocycles. The van der Waals surface area contributed by atoms with Crippen molar-refractivity contribution in [2.45, 2.75) is 46.5 Å². The van der Waals surface area contributed by atoms with Crippen LogP contribution in [0.4, 0.5) is 0 Å². The van der Waals surface area contributed by atoms with Gasteiger partial charge in [0.15, 0.2) is 0 Å². The molecule has 128 valence electrons. The molecule has 1 N–H and O–H groups in total. The van der Waals surface area contributed by atoms with Crippen molar-refractivity contribution in [1.29, 1.82) is 0 Å². The summed E-state index contributed by atoms with van der Waals surface area (Å²) in [7, 11) is 0. The van der Waals surface area contributed by atoms with Crippen LogP contribution in [0.3, 0.4) is 0 Å². The molecule has 1 aliphatic rings. The van der Waals surface area contributed by atoms with Crippen molar-refractivity contribution < 1.29 is 4.79 Å². The zero-order chi connectivity index (χ0) is 17.2. The lowest BCUT2D eigenvalue weighted by atomic mass is 9.72. The van der Waals surface area contributed by atoms with E-state index in [1.54, 1.807) is 17.5 Å². The van der Waals surface area contributed by atoms with Gasteiger partial charge in [-0.1, -0.05) is 26.8 Å². The Morgan fingerprint density at radius 3 is 2.92 bits per heavy atom. The van der Waals surface area contributed by atoms with Gasteiger partial charge in [-0.25, -0.2) is 0 Å². The molecular weight excluding hydrogens is 316 g/mol. The third kappa shape index (κ3) is 4.04. The van der Waals surface area contributed by atoms with E-state index in [0.29, 0.717) is 17.9 Å². The second-order valence-electron chi connectivity index (χ2n) is 7.69. The predicted molar refractivity (Wildman–Crippen MR) is 99.6 cm³/mol. The third-order valence-corrected chi connectivity index (χ3v) is 6.16. The van der Waals surface area contributed by atoms with Gasteiger partial charge in [-0.05, 0) is 54.4 Å². The molecule has 0 radical (unpaired) electrons. The lowest BCUT2D eigenvalue weighted by Gasteiger charge is -2.33. The lowest BCUT2D eigenvalue weighted by molar-refractivity contribution is 0.0958. The molecule has 3 nitrogen and oxygen atoms in total. The number of nitrogens with zero attached hydrogens (tertiary/aromatic N) is 1. The van der Waals surface area contributed by atoms with Crippen LogP contribution in [0.2, 0.25) is 0 Å². The Labute approximate surface area is 148 Å². The van der Waals surface area contributed by atoms with Crippen LogP contribution in [0.25, 0.3) is 0 Å². The molecule has 0 aromatic carbocycles. The van der Waals surface area contributed by atoms with Crippen molar-refractivity contribution >= 4 is 17.2 Å². The predicted octanol–water partition coefficient (Wildman–Crippen LogP) is 4.27. The first-order valence-corrected chi connectivity index (χ1v) is 9.55. The molecule has 24 heavy (non-hydrogen) atoms. The van der Waals surface area contributed by atoms with E-state index < -0.39 is 0 Å². The van der Waals surface area contributed by atoms with E-state index in [1.807, 2.05) is 18.2 Å². The highest BCUT2D eigenvalue weighted by molar-refractivity contribution is 7.14. The van der Waals surface area contributed by atoms with Gasteiger partial charge in [0.05, 0.1) is 4.88 Å². The monoisotopic (exact) mass is 342 g/mol. The fourth-order valence-electron chi connectivity index (χ4n) is 3.31. The van der Waals surface area contributed by atoms with E-state index in [0.717, 1.165) is 29.8 Å². The Morgan fingerprint density at radius 1 is 1.38 bits per heavy atom. The summed E-state index contributed by atoms with van der Waals surface area (Å²) in [5.74, 6) is 0.761. The number of hydrogen-bond donors (Lipinski definition) is 1. The van der Waals surface area contributed by atoms with Gasteiger partial charge in [0.2, 0.25) is 0 Å². The Balaban J connectivity index is 1.58. The fourth-order valence-corrected chi connectivity index (χ4v) is 4.44. The zero-order valence-electron chi connectivity index (χ0n) is 14.8. The Kier molecular flexibility index (Phi) is 5.04. The smallest absolute Gasteiger partial charge is 0.261 e. The number of thiophene rings is 1. The lowest BCUT2D eigenvalue weighted by Crippen LogP contribution is -2.26. The highest BCUT2D eigenvalue weighted by atomic mass is 32.1. The summed E-state index contributed by atoms with van der Waals surface area (Å²) < 4.78 is 0. The van der Waals surface area contributed by atoms with Crippen LogP contribution in [-0.4, -0.2) is 17.4 Å². The van der Waals surface area contributed by atoms with Crippen molar-refractivity contribution in [1.82, 2.24) is 10.3 Å². The van der Waals surface area contributed by atoms with E-state index in [9.17, 15) is 4.79 Å². The second-order valence-corrected chi connectivity index (χ2v) is 8.83. The fraction of sp³-hybridized carbons (Fsp3) is 0.500. The maximum Gasteiger partial charge on any atom is 0.261 e. The van der Waals surface area contributed by atoms with Gasteiger partial charge in [0.1, 0.15) is 0 Å². The number of aromatic nitrogens is 1. The minimum Gasteiger partial charge on any atom is -0.351 e. The number of pyridine rings is 1. The normalized spacial score (nSPS) is 17.4. The molecule has 0 fully saturated rings. The van der Waals surface area contributed by atoms with Gasteiger partial charge in [-0.3, -0.25) is 9.78 Å². The summed E-state index contributed by atoms with van der Waals surface area (Å²) in [4.78, 5) is 19.0. The van der Waals surface area contributed by atoms with E-state index >= 15 is 0 Å². The van der Waals surface area contributed by atoms with Crippen molar-refractivity contribution in [3.8, 4) is 0 Å². The van der Waals surface area contributed by atoms with Crippen LogP contribution >= 0.6 is 11.3 Å². The Hall–Kier alpha value is -1.68. The van der Waals surface area contributed by atoms with Crippen LogP contribution in [-0.2, 0) is 19.3 Å². The summed E-state index contributed by atoms with van der Waals surface area (Å²) in [5, 5.41) is 3.03. The number of carbonyl (C=O) groups excluding carboxylic acids is 1. The third-order valence-electron chi connectivity index (χ3n) is 4.92. The van der Waals surface area contributed by atoms with Gasteiger partial charge < -0.3 is 5.32 Å². The van der Waals surface area contributed by atoms with Crippen molar-refractivity contribution in [2.24, 2.45) is 11.3 Å². The Bertz CT molecular complexity index is 700. The maximum absolute atomic E-state index is 12.4. The van der Waals surface area contributed by atoms with Gasteiger partial charge in [0.25, 0.3) is 5.91 Å². The first-order chi connectivity index (χ1) is 11.4. The van der Waals surface area contributed by atoms with E-state index in [2.05, 4.69) is 37.1 Å². The highest BCUT2D eigenvalue weighted by Gasteiger charge is 2.30. The van der Waals surface area contributed by atoms with Crippen LogP contribution in [0.5, 0.6) is 0 Å². The average Bonchev–Trinajstić information content (AvgIpc) is 2.98. The molecule has 0 spiro atoms. The number of amides is 1. The summed E-state index contributed by atoms with van der Waals surface area (Å²) in [6.45, 7) is 7.59. The molecule has 2 heterocycles. The van der Waals surface area contributed by atoms with E-state index in [4.69, 9.17) is 0 Å². The molecular formula is C20H26N2OS. The molecule has 0 aliphatic heterocycles. The average molecular weight is 343 g/mol. The minimum atomic E-state index is 0.0534. The van der Waals surface area contributed by atoms with Gasteiger partial charge in [-0.2, -0.15) is 0 Å². The van der Waals surface area contributed by atoms with Crippen LogP contribution in [0.15, 0.2) is 30.5 Å². The standard InChI is InChI=1S/C20H26N2OS/c1-20(2,3)15-7-8-17-14(12-15)13-18(24-17)19(23)22-11-9-16-6-4-5-10-21-16/h4-6,10,13,15H,7-9,11-12H2,1-3H3,(H,22,23). The van der Waals surface area contributed by atoms with Gasteiger partial charge in [-0.15, -0.1) is 11.3 Å². The molecule has 1 amide bonds. The molecule has 0 saturated carbocycles. The number of nitrogens with one attached hydrogen (secondary N) is 1. The number of aryl methyl sites for hydroxylation is 1. The summed E-state index contributed by atoms with van der Waals surface area (Å²) >= 11 is 1.67. The van der Waals surface area contributed by atoms with E-state index in [1.165, 1.54) is 16.9 Å². The molecule has 1 atom stereocenters. The number of carbonyl (C=O) groups is 1. The summed E-state index contributed by atoms with van der Waals surface area (Å²) in [5.41, 5.74) is 2.74. The minimum absolute atomic E-state index is 0.0534. The Morgan fingerprint density at radius 2 is 2.21 bits per heavy atom. The number of rotatable bonds is 4. The van der Waals surface area contributed by atoms with Crippen LogP contribution in [0.1, 0.15) is 53.0 Å². The second kappa shape index (κ2) is 7.06. The van der Waals surface area contributed by atoms with Crippen molar-refractivity contribution in [2.75, 3.05) is 6.54 Å². The number of fused-ring (bicyclic) bond motifs is 1. The summed E-state index contributed by atoms with van der Waals surface area (Å²) in [6, 6.07) is 7.99. The molecule has 2 aromatic rings. The largest absolute Gasteiger partial charge is 0.351 e. The zero-order valence-corrected chi connectivity index (χ0v) is 15.6. The number of hydrogen-bond acceptors (Lipinski definition) is 3. The van der Waals surface area contributed by atoms with Gasteiger partial charge in [0, 0.05) is 29.7 Å². The van der Waals surface area contributed by atoms with Gasteiger partial charge >= 0.3 is 0 Å². The van der Waals surface area contributed by atoms with Crippen molar-refractivity contribution in [3.63, 3.8) is 0 Å². The van der Waals surface area contributed by atoms with Crippen LogP contribution in [0, 0.1) is 11.3 Å². The van der Waals surface area contributed by atoms with E-state index in [-0.39, 0.29) is 5.91 Å². The molecule has 3 rings (SSSR count). The maximum atomic E-state index is 12.4. The highest BCUT2D eigenvalue weighted by Crippen LogP contribution is 2.40. The SMILES string of the molecule is CC(C)(C)C1CCc2sc(C(=O)NCCc3ccccn3)cc2C1. The first kappa shape index (κ1) is 17.2. The summed E-state index contributed by atoms with van der Waals surface area (Å²) in [6.07, 6.45) is 6.01. The molecule has 4 heteroatoms. The first-order valence-electron chi connectivity index (χ1n) is 8.73. The van der Waals surface area contributed by atoms with Crippen molar-refractivity contribution in [3.05, 3.63) is 51.5 Å².